The van der Waals surface area contributed by atoms with Crippen LogP contribution in [-0.4, -0.2) is 49.4 Å². The highest BCUT2D eigenvalue weighted by atomic mass is 16.5. The van der Waals surface area contributed by atoms with Gasteiger partial charge in [-0.3, -0.25) is 0 Å². The van der Waals surface area contributed by atoms with Crippen molar-refractivity contribution in [3.8, 4) is 0 Å². The third kappa shape index (κ3) is 7.17. The van der Waals surface area contributed by atoms with Crippen LogP contribution < -0.4 is 0 Å². The number of aliphatic hydroxyl groups is 2. The summed E-state index contributed by atoms with van der Waals surface area (Å²) < 4.78 is 10.6. The third-order valence-corrected chi connectivity index (χ3v) is 2.64. The molecule has 0 saturated heterocycles. The van der Waals surface area contributed by atoms with Crippen molar-refractivity contribution in [1.29, 1.82) is 0 Å². The molecule has 0 spiro atoms. The first kappa shape index (κ1) is 15.8. The van der Waals surface area contributed by atoms with Gasteiger partial charge in [0.2, 0.25) is 0 Å². The Morgan fingerprint density at radius 1 is 1.00 bits per heavy atom. The number of rotatable bonds is 11. The van der Waals surface area contributed by atoms with Gasteiger partial charge in [0, 0.05) is 32.3 Å². The molecule has 0 aliphatic heterocycles. The first-order valence-corrected chi connectivity index (χ1v) is 6.21. The molecule has 0 aromatic carbocycles. The van der Waals surface area contributed by atoms with Crippen LogP contribution >= 0.6 is 0 Å². The van der Waals surface area contributed by atoms with Crippen molar-refractivity contribution >= 4 is 0 Å². The maximum Gasteiger partial charge on any atom is 0.0855 e. The summed E-state index contributed by atoms with van der Waals surface area (Å²) in [4.78, 5) is 0. The quantitative estimate of drug-likeness (QED) is 0.527. The number of hydrogen-bond acceptors (Lipinski definition) is 4. The fraction of sp³-hybridized carbons (Fsp3) is 1.00. The Hall–Kier alpha value is -0.160. The van der Waals surface area contributed by atoms with Crippen LogP contribution in [0.1, 0.15) is 33.1 Å². The van der Waals surface area contributed by atoms with Gasteiger partial charge in [0.25, 0.3) is 0 Å². The number of hydrogen-bond donors (Lipinski definition) is 2. The zero-order valence-corrected chi connectivity index (χ0v) is 10.5. The smallest absolute Gasteiger partial charge is 0.0855 e. The highest BCUT2D eigenvalue weighted by Gasteiger charge is 2.19. The van der Waals surface area contributed by atoms with Gasteiger partial charge in [-0.15, -0.1) is 0 Å². The zero-order valence-electron chi connectivity index (χ0n) is 10.5. The Labute approximate surface area is 98.6 Å². The Morgan fingerprint density at radius 3 is 2.25 bits per heavy atom. The van der Waals surface area contributed by atoms with Crippen LogP contribution in [0.4, 0.5) is 0 Å². The zero-order chi connectivity index (χ0) is 12.2. The van der Waals surface area contributed by atoms with E-state index < -0.39 is 0 Å². The van der Waals surface area contributed by atoms with Gasteiger partial charge in [-0.05, 0) is 26.7 Å². The minimum atomic E-state index is -0.234. The summed E-state index contributed by atoms with van der Waals surface area (Å²) in [6.07, 6.45) is 2.63. The van der Waals surface area contributed by atoms with E-state index >= 15 is 0 Å². The second kappa shape index (κ2) is 11.3. The molecule has 4 heteroatoms. The molecule has 2 N–H and O–H groups in total. The molecule has 0 heterocycles. The van der Waals surface area contributed by atoms with Crippen molar-refractivity contribution in [1.82, 2.24) is 0 Å². The standard InChI is InChI=1S/C12H26O4/c1-3-15-8-6-5-7-11(9-13)12(10-14)16-4-2/h11-14H,3-10H2,1-2H3. The van der Waals surface area contributed by atoms with Gasteiger partial charge in [-0.25, -0.2) is 0 Å². The van der Waals surface area contributed by atoms with Crippen LogP contribution in [-0.2, 0) is 9.47 Å². The van der Waals surface area contributed by atoms with Crippen LogP contribution in [0.2, 0.25) is 0 Å². The van der Waals surface area contributed by atoms with Crippen molar-refractivity contribution in [3.05, 3.63) is 0 Å². The molecule has 2 atom stereocenters. The van der Waals surface area contributed by atoms with Crippen LogP contribution in [0.25, 0.3) is 0 Å². The summed E-state index contributed by atoms with van der Waals surface area (Å²) >= 11 is 0. The van der Waals surface area contributed by atoms with Crippen molar-refractivity contribution in [2.24, 2.45) is 5.92 Å². The van der Waals surface area contributed by atoms with Crippen LogP contribution in [0, 0.1) is 5.92 Å². The fourth-order valence-electron chi connectivity index (χ4n) is 1.70. The molecule has 0 rings (SSSR count). The molecule has 0 fully saturated rings. The summed E-state index contributed by atoms with van der Waals surface area (Å²) in [7, 11) is 0. The summed E-state index contributed by atoms with van der Waals surface area (Å²) in [5, 5.41) is 18.4. The molecule has 0 radical (unpaired) electrons. The Morgan fingerprint density at radius 2 is 1.75 bits per heavy atom. The largest absolute Gasteiger partial charge is 0.396 e. The van der Waals surface area contributed by atoms with Gasteiger partial charge in [0.05, 0.1) is 12.7 Å². The normalized spacial score (nSPS) is 15.0. The van der Waals surface area contributed by atoms with Gasteiger partial charge in [-0.1, -0.05) is 6.42 Å². The second-order valence-corrected chi connectivity index (χ2v) is 3.81. The molecule has 0 aromatic heterocycles. The molecule has 98 valence electrons. The van der Waals surface area contributed by atoms with E-state index in [-0.39, 0.29) is 25.2 Å². The minimum Gasteiger partial charge on any atom is -0.396 e. The van der Waals surface area contributed by atoms with Crippen LogP contribution in [0.5, 0.6) is 0 Å². The van der Waals surface area contributed by atoms with Gasteiger partial charge in [-0.2, -0.15) is 0 Å². The first-order chi connectivity index (χ1) is 7.79. The van der Waals surface area contributed by atoms with E-state index in [1.165, 1.54) is 0 Å². The summed E-state index contributed by atoms with van der Waals surface area (Å²) in [5.74, 6) is 0.0339. The molecule has 0 aliphatic rings. The van der Waals surface area contributed by atoms with Crippen LogP contribution in [0.15, 0.2) is 0 Å². The molecule has 0 aliphatic carbocycles. The van der Waals surface area contributed by atoms with E-state index in [2.05, 4.69) is 0 Å². The lowest BCUT2D eigenvalue weighted by Gasteiger charge is -2.23. The van der Waals surface area contributed by atoms with Gasteiger partial charge >= 0.3 is 0 Å². The van der Waals surface area contributed by atoms with E-state index in [0.717, 1.165) is 32.5 Å². The first-order valence-electron chi connectivity index (χ1n) is 6.21. The van der Waals surface area contributed by atoms with E-state index in [1.807, 2.05) is 13.8 Å². The monoisotopic (exact) mass is 234 g/mol. The second-order valence-electron chi connectivity index (χ2n) is 3.81. The van der Waals surface area contributed by atoms with Gasteiger partial charge < -0.3 is 19.7 Å². The lowest BCUT2D eigenvalue weighted by Crippen LogP contribution is -2.30. The third-order valence-electron chi connectivity index (χ3n) is 2.64. The van der Waals surface area contributed by atoms with E-state index in [0.29, 0.717) is 6.61 Å². The van der Waals surface area contributed by atoms with Gasteiger partial charge in [0.15, 0.2) is 0 Å². The fourth-order valence-corrected chi connectivity index (χ4v) is 1.70. The summed E-state index contributed by atoms with van der Waals surface area (Å²) in [6, 6.07) is 0. The van der Waals surface area contributed by atoms with Crippen molar-refractivity contribution in [3.63, 3.8) is 0 Å². The van der Waals surface area contributed by atoms with E-state index in [4.69, 9.17) is 14.6 Å². The predicted molar refractivity (Wildman–Crippen MR) is 63.4 cm³/mol. The maximum absolute atomic E-state index is 9.23. The number of ether oxygens (including phenoxy) is 2. The molecule has 2 unspecified atom stereocenters. The maximum atomic E-state index is 9.23. The average molecular weight is 234 g/mol. The molecule has 16 heavy (non-hydrogen) atoms. The molecular weight excluding hydrogens is 208 g/mol. The number of aliphatic hydroxyl groups excluding tert-OH is 2. The van der Waals surface area contributed by atoms with Gasteiger partial charge in [0.1, 0.15) is 0 Å². The van der Waals surface area contributed by atoms with Crippen LogP contribution in [0.3, 0.4) is 0 Å². The molecular formula is C12H26O4. The van der Waals surface area contributed by atoms with E-state index in [1.54, 1.807) is 0 Å². The van der Waals surface area contributed by atoms with Crippen molar-refractivity contribution < 1.29 is 19.7 Å². The van der Waals surface area contributed by atoms with Crippen molar-refractivity contribution in [2.75, 3.05) is 33.0 Å². The Bertz CT molecular complexity index is 141. The minimum absolute atomic E-state index is 0.0233. The average Bonchev–Trinajstić information content (AvgIpc) is 2.31. The Balaban J connectivity index is 3.70. The van der Waals surface area contributed by atoms with Crippen molar-refractivity contribution in [2.45, 2.75) is 39.2 Å². The molecule has 0 saturated carbocycles. The summed E-state index contributed by atoms with van der Waals surface area (Å²) in [6.45, 7) is 6.01. The predicted octanol–water partition coefficient (Wildman–Crippen LogP) is 1.20. The van der Waals surface area contributed by atoms with E-state index in [9.17, 15) is 5.11 Å². The highest BCUT2D eigenvalue weighted by Crippen LogP contribution is 2.15. The topological polar surface area (TPSA) is 58.9 Å². The number of unbranched alkanes of at least 4 members (excludes halogenated alkanes) is 1. The lowest BCUT2D eigenvalue weighted by molar-refractivity contribution is -0.0357. The molecule has 0 amide bonds. The Kier molecular flexibility index (Phi) is 11.2. The SMILES string of the molecule is CCOCCCCC(CO)C(CO)OCC. The molecule has 0 aromatic rings. The highest BCUT2D eigenvalue weighted by molar-refractivity contribution is 4.69. The molecule has 4 nitrogen and oxygen atoms in total. The lowest BCUT2D eigenvalue weighted by atomic mass is 9.97. The molecule has 0 bridgehead atoms. The summed E-state index contributed by atoms with van der Waals surface area (Å²) in [5.41, 5.74) is 0.